The maximum absolute atomic E-state index is 12.5. The summed E-state index contributed by atoms with van der Waals surface area (Å²) in [5, 5.41) is 1.68. The second-order valence-corrected chi connectivity index (χ2v) is 5.84. The van der Waals surface area contributed by atoms with Gasteiger partial charge < -0.3 is 4.74 Å². The third-order valence-electron chi connectivity index (χ3n) is 2.93. The highest BCUT2D eigenvalue weighted by Gasteiger charge is 2.16. The molecule has 19 heavy (non-hydrogen) atoms. The minimum atomic E-state index is -0.116. The van der Waals surface area contributed by atoms with E-state index in [9.17, 15) is 4.79 Å². The third-order valence-corrected chi connectivity index (χ3v) is 4.90. The van der Waals surface area contributed by atoms with Crippen LogP contribution in [-0.2, 0) is 0 Å². The highest BCUT2D eigenvalue weighted by atomic mass is 35.5. The fraction of sp³-hybridized carbons (Fsp3) is 0.0714. The molecule has 0 fully saturated rings. The summed E-state index contributed by atoms with van der Waals surface area (Å²) in [5.74, 6) is 0.567. The van der Waals surface area contributed by atoms with Crippen LogP contribution in [0.15, 0.2) is 35.1 Å². The SMILES string of the molecule is COc1cc(Cl)c(Cl)c2c(=O)c3ccccc3sc12. The van der Waals surface area contributed by atoms with Crippen molar-refractivity contribution >= 4 is 54.7 Å². The summed E-state index contributed by atoms with van der Waals surface area (Å²) in [5.41, 5.74) is -0.116. The molecule has 0 saturated heterocycles. The molecule has 5 heteroatoms. The van der Waals surface area contributed by atoms with Gasteiger partial charge in [0.15, 0.2) is 5.43 Å². The lowest BCUT2D eigenvalue weighted by Crippen LogP contribution is -2.02. The monoisotopic (exact) mass is 310 g/mol. The van der Waals surface area contributed by atoms with Crippen LogP contribution in [0.4, 0.5) is 0 Å². The number of methoxy groups -OCH3 is 1. The van der Waals surface area contributed by atoms with E-state index in [1.54, 1.807) is 19.2 Å². The first-order valence-corrected chi connectivity index (χ1v) is 7.08. The Morgan fingerprint density at radius 2 is 1.95 bits per heavy atom. The van der Waals surface area contributed by atoms with Crippen LogP contribution in [0.2, 0.25) is 10.0 Å². The Balaban J connectivity index is 2.65. The molecule has 0 aliphatic heterocycles. The number of halogens is 2. The van der Waals surface area contributed by atoms with Crippen molar-refractivity contribution in [1.82, 2.24) is 0 Å². The van der Waals surface area contributed by atoms with Gasteiger partial charge in [0.1, 0.15) is 5.75 Å². The summed E-state index contributed by atoms with van der Waals surface area (Å²) in [4.78, 5) is 12.5. The Morgan fingerprint density at radius 3 is 2.68 bits per heavy atom. The summed E-state index contributed by atoms with van der Waals surface area (Å²) in [7, 11) is 1.55. The van der Waals surface area contributed by atoms with Crippen molar-refractivity contribution in [2.75, 3.05) is 7.11 Å². The van der Waals surface area contributed by atoms with Crippen molar-refractivity contribution in [2.24, 2.45) is 0 Å². The maximum atomic E-state index is 12.5. The van der Waals surface area contributed by atoms with Crippen molar-refractivity contribution in [3.05, 3.63) is 50.6 Å². The lowest BCUT2D eigenvalue weighted by molar-refractivity contribution is 0.420. The molecule has 0 atom stereocenters. The van der Waals surface area contributed by atoms with E-state index in [4.69, 9.17) is 27.9 Å². The van der Waals surface area contributed by atoms with Gasteiger partial charge in [-0.15, -0.1) is 11.3 Å². The Hall–Kier alpha value is -1.29. The van der Waals surface area contributed by atoms with E-state index >= 15 is 0 Å². The van der Waals surface area contributed by atoms with Crippen molar-refractivity contribution in [1.29, 1.82) is 0 Å². The average molecular weight is 311 g/mol. The molecular formula is C14H8Cl2O2S. The van der Waals surface area contributed by atoms with Gasteiger partial charge in [-0.25, -0.2) is 0 Å². The minimum Gasteiger partial charge on any atom is -0.495 e. The van der Waals surface area contributed by atoms with E-state index in [0.717, 1.165) is 9.40 Å². The van der Waals surface area contributed by atoms with Crippen LogP contribution in [0.3, 0.4) is 0 Å². The zero-order valence-corrected chi connectivity index (χ0v) is 12.2. The molecule has 0 unspecified atom stereocenters. The molecule has 1 heterocycles. The zero-order valence-electron chi connectivity index (χ0n) is 9.87. The summed E-state index contributed by atoms with van der Waals surface area (Å²) in [6.07, 6.45) is 0. The Bertz CT molecular complexity index is 855. The van der Waals surface area contributed by atoms with E-state index in [-0.39, 0.29) is 10.5 Å². The minimum absolute atomic E-state index is 0.116. The zero-order chi connectivity index (χ0) is 13.6. The molecule has 3 rings (SSSR count). The van der Waals surface area contributed by atoms with Crippen molar-refractivity contribution in [2.45, 2.75) is 0 Å². The fourth-order valence-corrected chi connectivity index (χ4v) is 3.69. The lowest BCUT2D eigenvalue weighted by Gasteiger charge is -2.08. The standard InChI is InChI=1S/C14H8Cl2O2S/c1-18-9-6-8(15)12(16)11-13(17)7-4-2-3-5-10(7)19-14(9)11/h2-6H,1H3. The van der Waals surface area contributed by atoms with Gasteiger partial charge in [-0.1, -0.05) is 35.3 Å². The molecule has 3 aromatic rings. The molecule has 2 nitrogen and oxygen atoms in total. The first-order chi connectivity index (χ1) is 9.13. The number of hydrogen-bond acceptors (Lipinski definition) is 3. The molecule has 0 bridgehead atoms. The molecule has 0 spiro atoms. The topological polar surface area (TPSA) is 26.3 Å². The van der Waals surface area contributed by atoms with Crippen LogP contribution in [0.1, 0.15) is 0 Å². The Kier molecular flexibility index (Phi) is 3.13. The summed E-state index contributed by atoms with van der Waals surface area (Å²) in [6, 6.07) is 9.06. The number of fused-ring (bicyclic) bond motifs is 2. The predicted octanol–water partition coefficient (Wildman–Crippen LogP) is 4.73. The summed E-state index contributed by atoms with van der Waals surface area (Å²) >= 11 is 13.7. The van der Waals surface area contributed by atoms with Gasteiger partial charge in [0.2, 0.25) is 0 Å². The van der Waals surface area contributed by atoms with E-state index in [2.05, 4.69) is 0 Å². The second kappa shape index (κ2) is 4.67. The summed E-state index contributed by atoms with van der Waals surface area (Å²) in [6.45, 7) is 0. The van der Waals surface area contributed by atoms with Gasteiger partial charge in [0.25, 0.3) is 0 Å². The van der Waals surface area contributed by atoms with Crippen LogP contribution < -0.4 is 10.2 Å². The first-order valence-electron chi connectivity index (χ1n) is 5.51. The molecule has 96 valence electrons. The molecule has 0 aliphatic rings. The first kappa shape index (κ1) is 12.7. The van der Waals surface area contributed by atoms with Gasteiger partial charge >= 0.3 is 0 Å². The number of benzene rings is 2. The molecule has 0 N–H and O–H groups in total. The average Bonchev–Trinajstić information content (AvgIpc) is 2.43. The lowest BCUT2D eigenvalue weighted by atomic mass is 10.2. The van der Waals surface area contributed by atoms with E-state index in [1.807, 2.05) is 18.2 Å². The van der Waals surface area contributed by atoms with Crippen LogP contribution in [0, 0.1) is 0 Å². The Morgan fingerprint density at radius 1 is 1.21 bits per heavy atom. The Labute approximate surface area is 123 Å². The molecule has 0 saturated carbocycles. The third kappa shape index (κ3) is 1.89. The van der Waals surface area contributed by atoms with Crippen LogP contribution in [0.25, 0.3) is 20.2 Å². The smallest absolute Gasteiger partial charge is 0.197 e. The summed E-state index contributed by atoms with van der Waals surface area (Å²) < 4.78 is 6.92. The van der Waals surface area contributed by atoms with Gasteiger partial charge in [0, 0.05) is 16.2 Å². The van der Waals surface area contributed by atoms with Crippen molar-refractivity contribution < 1.29 is 4.74 Å². The number of hydrogen-bond donors (Lipinski definition) is 0. The van der Waals surface area contributed by atoms with Crippen LogP contribution in [0.5, 0.6) is 5.75 Å². The second-order valence-electron chi connectivity index (χ2n) is 4.01. The highest BCUT2D eigenvalue weighted by Crippen LogP contribution is 2.39. The van der Waals surface area contributed by atoms with Gasteiger partial charge in [-0.3, -0.25) is 4.79 Å². The molecule has 2 aromatic carbocycles. The highest BCUT2D eigenvalue weighted by molar-refractivity contribution is 7.25. The van der Waals surface area contributed by atoms with E-state index in [0.29, 0.717) is 21.5 Å². The van der Waals surface area contributed by atoms with Gasteiger partial charge in [0.05, 0.1) is 27.2 Å². The molecule has 0 radical (unpaired) electrons. The molecule has 0 aliphatic carbocycles. The number of ether oxygens (including phenoxy) is 1. The molecule has 1 aromatic heterocycles. The molecule has 0 amide bonds. The predicted molar refractivity (Wildman–Crippen MR) is 82.2 cm³/mol. The maximum Gasteiger partial charge on any atom is 0.197 e. The largest absolute Gasteiger partial charge is 0.495 e. The molecular weight excluding hydrogens is 303 g/mol. The normalized spacial score (nSPS) is 11.1. The quantitative estimate of drug-likeness (QED) is 0.607. The van der Waals surface area contributed by atoms with Crippen LogP contribution in [-0.4, -0.2) is 7.11 Å². The number of rotatable bonds is 1. The van der Waals surface area contributed by atoms with Crippen LogP contribution >= 0.6 is 34.5 Å². The fourth-order valence-electron chi connectivity index (χ4n) is 2.03. The van der Waals surface area contributed by atoms with Crippen molar-refractivity contribution in [3.8, 4) is 5.75 Å². The van der Waals surface area contributed by atoms with Gasteiger partial charge in [-0.2, -0.15) is 0 Å². The van der Waals surface area contributed by atoms with Crippen molar-refractivity contribution in [3.63, 3.8) is 0 Å². The van der Waals surface area contributed by atoms with E-state index in [1.165, 1.54) is 11.3 Å². The van der Waals surface area contributed by atoms with E-state index < -0.39 is 0 Å². The van der Waals surface area contributed by atoms with Gasteiger partial charge in [-0.05, 0) is 12.1 Å².